The number of likely N-dealkylation sites (tertiary alicyclic amines) is 1. The smallest absolute Gasteiger partial charge is 0.262 e. The molecule has 2 heterocycles. The van der Waals surface area contributed by atoms with Crippen LogP contribution in [-0.4, -0.2) is 32.9 Å². The van der Waals surface area contributed by atoms with Crippen molar-refractivity contribution in [2.45, 2.75) is 45.7 Å². The molecule has 1 atom stereocenters. The second-order valence-corrected chi connectivity index (χ2v) is 6.47. The number of nitrogens with zero attached hydrogens (tertiary/aromatic N) is 2. The highest BCUT2D eigenvalue weighted by Crippen LogP contribution is 2.20. The zero-order chi connectivity index (χ0) is 16.6. The summed E-state index contributed by atoms with van der Waals surface area (Å²) in [7, 11) is 0. The number of piperidine rings is 1. The lowest BCUT2D eigenvalue weighted by Crippen LogP contribution is -2.42. The van der Waals surface area contributed by atoms with Gasteiger partial charge in [-0.1, -0.05) is 0 Å². The number of nitrogens with one attached hydrogen (secondary N) is 1. The number of rotatable bonds is 2. The van der Waals surface area contributed by atoms with Crippen molar-refractivity contribution in [2.75, 3.05) is 6.54 Å². The van der Waals surface area contributed by atoms with Gasteiger partial charge in [0, 0.05) is 24.7 Å². The number of hydrogen-bond donors (Lipinski definition) is 1. The van der Waals surface area contributed by atoms with Crippen molar-refractivity contribution in [1.82, 2.24) is 14.5 Å². The predicted molar refractivity (Wildman–Crippen MR) is 93.4 cm³/mol. The zero-order valence-corrected chi connectivity index (χ0v) is 14.3. The summed E-state index contributed by atoms with van der Waals surface area (Å²) in [6.45, 7) is 5.29. The van der Waals surface area contributed by atoms with Gasteiger partial charge in [0.15, 0.2) is 4.77 Å². The molecule has 23 heavy (non-hydrogen) atoms. The third-order valence-corrected chi connectivity index (χ3v) is 4.93. The second-order valence-electron chi connectivity index (χ2n) is 6.08. The maximum Gasteiger partial charge on any atom is 0.262 e. The van der Waals surface area contributed by atoms with Crippen molar-refractivity contribution in [3.63, 3.8) is 0 Å². The molecule has 1 N–H and O–H groups in total. The second kappa shape index (κ2) is 6.28. The Labute approximate surface area is 139 Å². The molecule has 1 aromatic carbocycles. The quantitative estimate of drug-likeness (QED) is 0.860. The van der Waals surface area contributed by atoms with Crippen LogP contribution in [-0.2, 0) is 6.54 Å². The first-order valence-electron chi connectivity index (χ1n) is 8.10. The van der Waals surface area contributed by atoms with Crippen LogP contribution in [0.4, 0.5) is 0 Å². The number of aromatic nitrogens is 2. The summed E-state index contributed by atoms with van der Waals surface area (Å²) in [6, 6.07) is 5.47. The summed E-state index contributed by atoms with van der Waals surface area (Å²) in [5.41, 5.74) is 1.11. The SMILES string of the molecule is CCn1c(=S)[nH]c2cc(C(=O)N3CCCCC3C)ccc2c1=O. The van der Waals surface area contributed by atoms with E-state index in [1.54, 1.807) is 18.2 Å². The van der Waals surface area contributed by atoms with Gasteiger partial charge in [-0.25, -0.2) is 0 Å². The van der Waals surface area contributed by atoms with E-state index in [1.807, 2.05) is 11.8 Å². The monoisotopic (exact) mass is 331 g/mol. The summed E-state index contributed by atoms with van der Waals surface area (Å²) >= 11 is 5.23. The maximum atomic E-state index is 12.7. The number of fused-ring (bicyclic) bond motifs is 1. The lowest BCUT2D eigenvalue weighted by atomic mass is 10.0. The Morgan fingerprint density at radius 3 is 2.87 bits per heavy atom. The fourth-order valence-corrected chi connectivity index (χ4v) is 3.56. The number of benzene rings is 1. The summed E-state index contributed by atoms with van der Waals surface area (Å²) in [5, 5.41) is 0.559. The summed E-state index contributed by atoms with van der Waals surface area (Å²) in [5.74, 6) is 0.0260. The molecule has 0 radical (unpaired) electrons. The molecule has 6 heteroatoms. The van der Waals surface area contributed by atoms with Gasteiger partial charge in [0.1, 0.15) is 0 Å². The van der Waals surface area contributed by atoms with E-state index < -0.39 is 0 Å². The Kier molecular flexibility index (Phi) is 4.35. The third kappa shape index (κ3) is 2.83. The van der Waals surface area contributed by atoms with Crippen molar-refractivity contribution >= 4 is 29.0 Å². The molecule has 1 unspecified atom stereocenters. The summed E-state index contributed by atoms with van der Waals surface area (Å²) in [4.78, 5) is 30.1. The van der Waals surface area contributed by atoms with E-state index in [-0.39, 0.29) is 17.5 Å². The van der Waals surface area contributed by atoms with E-state index in [4.69, 9.17) is 12.2 Å². The van der Waals surface area contributed by atoms with Crippen molar-refractivity contribution in [1.29, 1.82) is 0 Å². The highest BCUT2D eigenvalue weighted by molar-refractivity contribution is 7.71. The molecule has 0 aliphatic carbocycles. The molecule has 1 amide bonds. The largest absolute Gasteiger partial charge is 0.336 e. The number of amides is 1. The molecule has 122 valence electrons. The molecular formula is C17H21N3O2S. The Morgan fingerprint density at radius 2 is 2.17 bits per heavy atom. The molecule has 0 spiro atoms. The Morgan fingerprint density at radius 1 is 1.39 bits per heavy atom. The fourth-order valence-electron chi connectivity index (χ4n) is 3.24. The van der Waals surface area contributed by atoms with E-state index in [2.05, 4.69) is 11.9 Å². The first-order valence-corrected chi connectivity index (χ1v) is 8.51. The molecule has 0 saturated carbocycles. The van der Waals surface area contributed by atoms with E-state index >= 15 is 0 Å². The van der Waals surface area contributed by atoms with E-state index in [0.717, 1.165) is 19.4 Å². The molecule has 5 nitrogen and oxygen atoms in total. The standard InChI is InChI=1S/C17H21N3O2S/c1-3-19-16(22)13-8-7-12(10-14(13)18-17(19)23)15(21)20-9-5-4-6-11(20)2/h7-8,10-11H,3-6,9H2,1-2H3,(H,18,23). The first-order chi connectivity index (χ1) is 11.0. The van der Waals surface area contributed by atoms with Gasteiger partial charge in [0.25, 0.3) is 11.5 Å². The fraction of sp³-hybridized carbons (Fsp3) is 0.471. The lowest BCUT2D eigenvalue weighted by Gasteiger charge is -2.33. The van der Waals surface area contributed by atoms with Crippen LogP contribution in [0.1, 0.15) is 43.5 Å². The van der Waals surface area contributed by atoms with Gasteiger partial charge in [0.2, 0.25) is 0 Å². The minimum Gasteiger partial charge on any atom is -0.336 e. The normalized spacial score (nSPS) is 18.3. The van der Waals surface area contributed by atoms with Crippen molar-refractivity contribution in [2.24, 2.45) is 0 Å². The number of H-pyrrole nitrogens is 1. The van der Waals surface area contributed by atoms with Crippen LogP contribution >= 0.6 is 12.2 Å². The summed E-state index contributed by atoms with van der Waals surface area (Å²) in [6.07, 6.45) is 3.27. The molecule has 1 fully saturated rings. The Bertz CT molecular complexity index is 868. The topological polar surface area (TPSA) is 58.1 Å². The molecule has 1 aliphatic rings. The van der Waals surface area contributed by atoms with E-state index in [9.17, 15) is 9.59 Å². The highest BCUT2D eigenvalue weighted by Gasteiger charge is 2.24. The van der Waals surface area contributed by atoms with Gasteiger partial charge < -0.3 is 9.88 Å². The van der Waals surface area contributed by atoms with Gasteiger partial charge in [-0.05, 0) is 63.5 Å². The maximum absolute atomic E-state index is 12.7. The van der Waals surface area contributed by atoms with Crippen molar-refractivity contribution in [3.8, 4) is 0 Å². The molecule has 0 bridgehead atoms. The van der Waals surface area contributed by atoms with Crippen LogP contribution in [0.3, 0.4) is 0 Å². The molecule has 1 aromatic heterocycles. The van der Waals surface area contributed by atoms with Crippen molar-refractivity contribution in [3.05, 3.63) is 38.9 Å². The van der Waals surface area contributed by atoms with Gasteiger partial charge >= 0.3 is 0 Å². The average molecular weight is 331 g/mol. The predicted octanol–water partition coefficient (Wildman–Crippen LogP) is 3.09. The number of carbonyl (C=O) groups excluding carboxylic acids is 1. The minimum absolute atomic E-state index is 0.0260. The molecule has 1 saturated heterocycles. The van der Waals surface area contributed by atoms with Crippen LogP contribution in [0.2, 0.25) is 0 Å². The minimum atomic E-state index is -0.114. The summed E-state index contributed by atoms with van der Waals surface area (Å²) < 4.78 is 1.91. The van der Waals surface area contributed by atoms with Crippen LogP contribution in [0.15, 0.2) is 23.0 Å². The van der Waals surface area contributed by atoms with Gasteiger partial charge in [-0.3, -0.25) is 14.2 Å². The lowest BCUT2D eigenvalue weighted by molar-refractivity contribution is 0.0636. The van der Waals surface area contributed by atoms with Crippen LogP contribution in [0.25, 0.3) is 10.9 Å². The van der Waals surface area contributed by atoms with Gasteiger partial charge in [-0.2, -0.15) is 0 Å². The highest BCUT2D eigenvalue weighted by atomic mass is 32.1. The Hall–Kier alpha value is -1.95. The van der Waals surface area contributed by atoms with Crippen LogP contribution in [0.5, 0.6) is 0 Å². The first kappa shape index (κ1) is 15.9. The number of hydrogen-bond acceptors (Lipinski definition) is 3. The van der Waals surface area contributed by atoms with E-state index in [1.165, 1.54) is 11.0 Å². The van der Waals surface area contributed by atoms with Crippen molar-refractivity contribution < 1.29 is 4.79 Å². The zero-order valence-electron chi connectivity index (χ0n) is 13.5. The van der Waals surface area contributed by atoms with Crippen LogP contribution in [0, 0.1) is 4.77 Å². The van der Waals surface area contributed by atoms with Crippen LogP contribution < -0.4 is 5.56 Å². The van der Waals surface area contributed by atoms with Gasteiger partial charge in [0.05, 0.1) is 10.9 Å². The number of carbonyl (C=O) groups is 1. The third-order valence-electron chi connectivity index (χ3n) is 4.61. The molecule has 3 rings (SSSR count). The van der Waals surface area contributed by atoms with Gasteiger partial charge in [-0.15, -0.1) is 0 Å². The molecule has 2 aromatic rings. The Balaban J connectivity index is 2.05. The average Bonchev–Trinajstić information content (AvgIpc) is 2.54. The number of aromatic amines is 1. The molecule has 1 aliphatic heterocycles. The van der Waals surface area contributed by atoms with E-state index in [0.29, 0.717) is 27.8 Å². The molecular weight excluding hydrogens is 310 g/mol.